The highest BCUT2D eigenvalue weighted by Crippen LogP contribution is 2.22. The van der Waals surface area contributed by atoms with E-state index in [1.807, 2.05) is 6.92 Å². The Morgan fingerprint density at radius 1 is 1.53 bits per heavy atom. The summed E-state index contributed by atoms with van der Waals surface area (Å²) in [6, 6.07) is 3.13. The van der Waals surface area contributed by atoms with E-state index in [0.29, 0.717) is 12.8 Å². The van der Waals surface area contributed by atoms with Crippen LogP contribution in [0.2, 0.25) is 0 Å². The molecule has 1 heterocycles. The van der Waals surface area contributed by atoms with Gasteiger partial charge in [-0.3, -0.25) is 0 Å². The SMILES string of the molecule is CCCC(C)(Nc1ncccc1C(=O)OC)C(=O)O. The molecule has 0 aliphatic rings. The van der Waals surface area contributed by atoms with Crippen molar-refractivity contribution in [2.75, 3.05) is 12.4 Å². The molecule has 1 aromatic heterocycles. The maximum absolute atomic E-state index is 11.6. The number of ether oxygens (including phenoxy) is 1. The number of pyridine rings is 1. The molecule has 1 atom stereocenters. The Hall–Kier alpha value is -2.11. The van der Waals surface area contributed by atoms with Gasteiger partial charge in [0.25, 0.3) is 0 Å². The van der Waals surface area contributed by atoms with Crippen LogP contribution in [0, 0.1) is 0 Å². The summed E-state index contributed by atoms with van der Waals surface area (Å²) in [5, 5.41) is 12.1. The maximum Gasteiger partial charge on any atom is 0.341 e. The monoisotopic (exact) mass is 266 g/mol. The average molecular weight is 266 g/mol. The number of aliphatic carboxylic acids is 1. The smallest absolute Gasteiger partial charge is 0.341 e. The van der Waals surface area contributed by atoms with Crippen LogP contribution in [0.1, 0.15) is 37.0 Å². The molecule has 0 saturated heterocycles. The van der Waals surface area contributed by atoms with E-state index in [-0.39, 0.29) is 11.4 Å². The van der Waals surface area contributed by atoms with E-state index in [0.717, 1.165) is 0 Å². The fourth-order valence-corrected chi connectivity index (χ4v) is 1.76. The quantitative estimate of drug-likeness (QED) is 0.765. The van der Waals surface area contributed by atoms with Gasteiger partial charge in [0.05, 0.1) is 7.11 Å². The third kappa shape index (κ3) is 3.43. The second kappa shape index (κ2) is 6.17. The number of hydrogen-bond acceptors (Lipinski definition) is 5. The zero-order valence-electron chi connectivity index (χ0n) is 11.3. The van der Waals surface area contributed by atoms with Crippen molar-refractivity contribution in [1.82, 2.24) is 4.98 Å². The molecule has 104 valence electrons. The third-order valence-electron chi connectivity index (χ3n) is 2.83. The van der Waals surface area contributed by atoms with Crippen molar-refractivity contribution in [2.24, 2.45) is 0 Å². The predicted molar refractivity (Wildman–Crippen MR) is 70.1 cm³/mol. The molecule has 19 heavy (non-hydrogen) atoms. The standard InChI is InChI=1S/C13H18N2O4/c1-4-7-13(2,12(17)18)15-10-9(11(16)19-3)6-5-8-14-10/h5-6,8H,4,7H2,1-3H3,(H,14,15)(H,17,18). The molecule has 6 heteroatoms. The number of aromatic nitrogens is 1. The first-order valence-corrected chi connectivity index (χ1v) is 5.99. The number of carboxylic acids is 1. The summed E-state index contributed by atoms with van der Waals surface area (Å²) in [4.78, 5) is 27.0. The molecule has 0 amide bonds. The number of nitrogens with one attached hydrogen (secondary N) is 1. The Morgan fingerprint density at radius 3 is 2.74 bits per heavy atom. The summed E-state index contributed by atoms with van der Waals surface area (Å²) in [5.41, 5.74) is -0.958. The first-order valence-electron chi connectivity index (χ1n) is 5.99. The minimum Gasteiger partial charge on any atom is -0.480 e. The summed E-state index contributed by atoms with van der Waals surface area (Å²) in [5.74, 6) is -1.33. The summed E-state index contributed by atoms with van der Waals surface area (Å²) in [6.07, 6.45) is 2.60. The molecular weight excluding hydrogens is 248 g/mol. The molecule has 0 aromatic carbocycles. The molecule has 0 fully saturated rings. The molecule has 6 nitrogen and oxygen atoms in total. The van der Waals surface area contributed by atoms with E-state index in [1.54, 1.807) is 13.0 Å². The van der Waals surface area contributed by atoms with Gasteiger partial charge >= 0.3 is 11.9 Å². The molecule has 2 N–H and O–H groups in total. The van der Waals surface area contributed by atoms with Crippen LogP contribution in [0.5, 0.6) is 0 Å². The Morgan fingerprint density at radius 2 is 2.21 bits per heavy atom. The van der Waals surface area contributed by atoms with Crippen LogP contribution in [-0.2, 0) is 9.53 Å². The summed E-state index contributed by atoms with van der Waals surface area (Å²) in [6.45, 7) is 3.46. The van der Waals surface area contributed by atoms with Gasteiger partial charge in [-0.1, -0.05) is 13.3 Å². The van der Waals surface area contributed by atoms with Gasteiger partial charge in [-0.05, 0) is 25.5 Å². The van der Waals surface area contributed by atoms with Crippen molar-refractivity contribution >= 4 is 17.8 Å². The predicted octanol–water partition coefficient (Wildman–Crippen LogP) is 1.92. The van der Waals surface area contributed by atoms with E-state index in [9.17, 15) is 14.7 Å². The highest BCUT2D eigenvalue weighted by atomic mass is 16.5. The molecule has 0 bridgehead atoms. The second-order valence-electron chi connectivity index (χ2n) is 4.40. The fourth-order valence-electron chi connectivity index (χ4n) is 1.76. The minimum absolute atomic E-state index is 0.215. The molecule has 0 aliphatic carbocycles. The molecule has 1 unspecified atom stereocenters. The third-order valence-corrected chi connectivity index (χ3v) is 2.83. The van der Waals surface area contributed by atoms with Crippen molar-refractivity contribution < 1.29 is 19.4 Å². The van der Waals surface area contributed by atoms with Crippen LogP contribution >= 0.6 is 0 Å². The summed E-state index contributed by atoms with van der Waals surface area (Å²) < 4.78 is 4.65. The topological polar surface area (TPSA) is 88.5 Å². The van der Waals surface area contributed by atoms with Gasteiger partial charge in [-0.15, -0.1) is 0 Å². The van der Waals surface area contributed by atoms with E-state index in [1.165, 1.54) is 19.4 Å². The molecular formula is C13H18N2O4. The Balaban J connectivity index is 3.10. The molecule has 0 radical (unpaired) electrons. The normalized spacial score (nSPS) is 13.4. The van der Waals surface area contributed by atoms with E-state index in [2.05, 4.69) is 15.0 Å². The van der Waals surface area contributed by atoms with Crippen molar-refractivity contribution in [2.45, 2.75) is 32.2 Å². The lowest BCUT2D eigenvalue weighted by molar-refractivity contribution is -0.142. The van der Waals surface area contributed by atoms with E-state index in [4.69, 9.17) is 0 Å². The van der Waals surface area contributed by atoms with Crippen LogP contribution in [-0.4, -0.2) is 34.7 Å². The number of carbonyl (C=O) groups excluding carboxylic acids is 1. The van der Waals surface area contributed by atoms with Crippen LogP contribution in [0.3, 0.4) is 0 Å². The van der Waals surface area contributed by atoms with Crippen LogP contribution in [0.15, 0.2) is 18.3 Å². The molecule has 1 rings (SSSR count). The van der Waals surface area contributed by atoms with Gasteiger partial charge in [-0.2, -0.15) is 0 Å². The van der Waals surface area contributed by atoms with E-state index >= 15 is 0 Å². The average Bonchev–Trinajstić information content (AvgIpc) is 2.38. The number of methoxy groups -OCH3 is 1. The number of hydrogen-bond donors (Lipinski definition) is 2. The largest absolute Gasteiger partial charge is 0.480 e. The van der Waals surface area contributed by atoms with Crippen molar-refractivity contribution in [3.05, 3.63) is 23.9 Å². The van der Waals surface area contributed by atoms with Crippen LogP contribution in [0.4, 0.5) is 5.82 Å². The fraction of sp³-hybridized carbons (Fsp3) is 0.462. The first kappa shape index (κ1) is 14.9. The van der Waals surface area contributed by atoms with Gasteiger partial charge in [-0.25, -0.2) is 14.6 Å². The lowest BCUT2D eigenvalue weighted by atomic mass is 9.96. The summed E-state index contributed by atoms with van der Waals surface area (Å²) in [7, 11) is 1.27. The van der Waals surface area contributed by atoms with Crippen LogP contribution < -0.4 is 5.32 Å². The zero-order valence-corrected chi connectivity index (χ0v) is 11.3. The number of anilines is 1. The van der Waals surface area contributed by atoms with Crippen molar-refractivity contribution in [3.8, 4) is 0 Å². The summed E-state index contributed by atoms with van der Waals surface area (Å²) >= 11 is 0. The number of rotatable bonds is 6. The Labute approximate surface area is 111 Å². The number of carboxylic acid groups (broad SMARTS) is 1. The first-order chi connectivity index (χ1) is 8.94. The van der Waals surface area contributed by atoms with Gasteiger partial charge < -0.3 is 15.2 Å². The van der Waals surface area contributed by atoms with Gasteiger partial charge in [0.15, 0.2) is 0 Å². The lowest BCUT2D eigenvalue weighted by Crippen LogP contribution is -2.43. The molecule has 0 saturated carbocycles. The minimum atomic E-state index is -1.17. The number of esters is 1. The number of carbonyl (C=O) groups is 2. The van der Waals surface area contributed by atoms with Gasteiger partial charge in [0, 0.05) is 6.20 Å². The highest BCUT2D eigenvalue weighted by Gasteiger charge is 2.33. The second-order valence-corrected chi connectivity index (χ2v) is 4.40. The van der Waals surface area contributed by atoms with Gasteiger partial charge in [0.1, 0.15) is 16.9 Å². The van der Waals surface area contributed by atoms with E-state index < -0.39 is 17.5 Å². The Bertz CT molecular complexity index is 475. The highest BCUT2D eigenvalue weighted by molar-refractivity contribution is 5.95. The Kier molecular flexibility index (Phi) is 4.86. The number of nitrogens with zero attached hydrogens (tertiary/aromatic N) is 1. The molecule has 0 spiro atoms. The maximum atomic E-state index is 11.6. The zero-order chi connectivity index (χ0) is 14.5. The lowest BCUT2D eigenvalue weighted by Gasteiger charge is -2.27. The van der Waals surface area contributed by atoms with Crippen molar-refractivity contribution in [1.29, 1.82) is 0 Å². The molecule has 0 aliphatic heterocycles. The van der Waals surface area contributed by atoms with Crippen LogP contribution in [0.25, 0.3) is 0 Å². The van der Waals surface area contributed by atoms with Gasteiger partial charge in [0.2, 0.25) is 0 Å². The molecule has 1 aromatic rings. The van der Waals surface area contributed by atoms with Crippen molar-refractivity contribution in [3.63, 3.8) is 0 Å².